The lowest BCUT2D eigenvalue weighted by atomic mass is 9.80. The van der Waals surface area contributed by atoms with E-state index in [1.165, 1.54) is 0 Å². The van der Waals surface area contributed by atoms with Crippen LogP contribution in [0.3, 0.4) is 0 Å². The first-order valence-electron chi connectivity index (χ1n) is 4.69. The number of carbonyl (C=O) groups excluding carboxylic acids is 1. The minimum absolute atomic E-state index is 0.00574. The highest BCUT2D eigenvalue weighted by molar-refractivity contribution is 9.09. The molecular formula is C9H11BrO3. The topological polar surface area (TPSA) is 46.5 Å². The Morgan fingerprint density at radius 1 is 1.54 bits per heavy atom. The molecule has 3 aliphatic rings. The summed E-state index contributed by atoms with van der Waals surface area (Å²) in [6, 6.07) is 0. The zero-order valence-electron chi connectivity index (χ0n) is 7.02. The Kier molecular flexibility index (Phi) is 1.57. The molecule has 72 valence electrons. The van der Waals surface area contributed by atoms with Crippen LogP contribution in [0.1, 0.15) is 6.42 Å². The molecule has 0 radical (unpaired) electrons. The van der Waals surface area contributed by atoms with Gasteiger partial charge in [-0.1, -0.05) is 15.9 Å². The van der Waals surface area contributed by atoms with E-state index in [1.54, 1.807) is 0 Å². The third-order valence-electron chi connectivity index (χ3n) is 3.90. The maximum atomic E-state index is 11.5. The fourth-order valence-corrected chi connectivity index (χ4v) is 4.48. The predicted molar refractivity (Wildman–Crippen MR) is 48.3 cm³/mol. The number of rotatable bonds is 1. The van der Waals surface area contributed by atoms with E-state index in [2.05, 4.69) is 15.9 Å². The van der Waals surface area contributed by atoms with Gasteiger partial charge < -0.3 is 9.84 Å². The molecule has 0 unspecified atom stereocenters. The van der Waals surface area contributed by atoms with Crippen LogP contribution in [-0.4, -0.2) is 28.6 Å². The van der Waals surface area contributed by atoms with Gasteiger partial charge in [-0.05, 0) is 18.3 Å². The molecule has 2 saturated carbocycles. The summed E-state index contributed by atoms with van der Waals surface area (Å²) >= 11 is 3.57. The van der Waals surface area contributed by atoms with Crippen LogP contribution in [0.5, 0.6) is 0 Å². The van der Waals surface area contributed by atoms with E-state index < -0.39 is 0 Å². The maximum Gasteiger partial charge on any atom is 0.310 e. The van der Waals surface area contributed by atoms with Crippen LogP contribution in [-0.2, 0) is 9.53 Å². The van der Waals surface area contributed by atoms with Crippen molar-refractivity contribution in [2.24, 2.45) is 23.7 Å². The molecule has 2 aliphatic carbocycles. The molecule has 13 heavy (non-hydrogen) atoms. The maximum absolute atomic E-state index is 11.5. The Labute approximate surface area is 84.6 Å². The van der Waals surface area contributed by atoms with Gasteiger partial charge in [0.15, 0.2) is 0 Å². The first-order chi connectivity index (χ1) is 6.24. The van der Waals surface area contributed by atoms with Crippen molar-refractivity contribution in [1.29, 1.82) is 0 Å². The van der Waals surface area contributed by atoms with E-state index >= 15 is 0 Å². The second kappa shape index (κ2) is 2.48. The van der Waals surface area contributed by atoms with Gasteiger partial charge in [0, 0.05) is 12.5 Å². The number of carbonyl (C=O) groups is 1. The van der Waals surface area contributed by atoms with Crippen LogP contribution in [0.25, 0.3) is 0 Å². The number of halogens is 1. The summed E-state index contributed by atoms with van der Waals surface area (Å²) in [5.41, 5.74) is 0. The minimum Gasteiger partial charge on any atom is -0.461 e. The number of aliphatic hydroxyl groups excluding tert-OH is 1. The minimum atomic E-state index is -0.0847. The van der Waals surface area contributed by atoms with Crippen molar-refractivity contribution in [1.82, 2.24) is 0 Å². The van der Waals surface area contributed by atoms with E-state index in [0.29, 0.717) is 11.8 Å². The van der Waals surface area contributed by atoms with E-state index in [0.717, 1.165) is 6.42 Å². The van der Waals surface area contributed by atoms with Crippen LogP contribution in [0.15, 0.2) is 0 Å². The molecule has 1 saturated heterocycles. The largest absolute Gasteiger partial charge is 0.461 e. The van der Waals surface area contributed by atoms with E-state index in [-0.39, 0.29) is 35.3 Å². The highest BCUT2D eigenvalue weighted by Gasteiger charge is 2.65. The molecule has 1 N–H and O–H groups in total. The molecule has 0 amide bonds. The van der Waals surface area contributed by atoms with E-state index in [1.807, 2.05) is 0 Å². The van der Waals surface area contributed by atoms with Crippen molar-refractivity contribution >= 4 is 21.9 Å². The third-order valence-corrected chi connectivity index (χ3v) is 5.10. The second-order valence-corrected chi connectivity index (χ2v) is 5.34. The fraction of sp³-hybridized carbons (Fsp3) is 0.889. The van der Waals surface area contributed by atoms with Gasteiger partial charge in [-0.3, -0.25) is 4.79 Å². The summed E-state index contributed by atoms with van der Waals surface area (Å²) in [6.45, 7) is 0.121. The molecule has 1 heterocycles. The lowest BCUT2D eigenvalue weighted by Gasteiger charge is -2.26. The Balaban J connectivity index is 2.01. The predicted octanol–water partition coefficient (Wildman–Crippen LogP) is 0.550. The van der Waals surface area contributed by atoms with Crippen molar-refractivity contribution in [3.8, 4) is 0 Å². The Hall–Kier alpha value is -0.0900. The molecule has 6 atom stereocenters. The quantitative estimate of drug-likeness (QED) is 0.543. The van der Waals surface area contributed by atoms with Gasteiger partial charge in [0.05, 0.1) is 10.7 Å². The van der Waals surface area contributed by atoms with Crippen molar-refractivity contribution in [2.45, 2.75) is 17.4 Å². The van der Waals surface area contributed by atoms with Gasteiger partial charge in [-0.25, -0.2) is 0 Å². The summed E-state index contributed by atoms with van der Waals surface area (Å²) < 4.78 is 5.29. The van der Waals surface area contributed by atoms with Crippen LogP contribution < -0.4 is 0 Å². The zero-order chi connectivity index (χ0) is 9.16. The van der Waals surface area contributed by atoms with Crippen LogP contribution in [0.4, 0.5) is 0 Å². The summed E-state index contributed by atoms with van der Waals surface area (Å²) in [7, 11) is 0. The van der Waals surface area contributed by atoms with Gasteiger partial charge in [0.2, 0.25) is 0 Å². The first kappa shape index (κ1) is 8.24. The molecular weight excluding hydrogens is 236 g/mol. The third kappa shape index (κ3) is 0.814. The molecule has 0 aromatic heterocycles. The number of hydrogen-bond donors (Lipinski definition) is 1. The van der Waals surface area contributed by atoms with Gasteiger partial charge >= 0.3 is 5.97 Å². The SMILES string of the molecule is O=C1O[C@@H]2[C@H](Br)[C@H]3C[C@H]2[C@@H]1[C@H]3CO. The standard InChI is InChI=1S/C9H11BrO3/c10-7-3-1-4-6(5(3)2-11)9(12)13-8(4)7/h3-8,11H,1-2H2/t3-,4-,5-,6+,7+,8-/m0/s1. The monoisotopic (exact) mass is 246 g/mol. The average Bonchev–Trinajstić information content (AvgIpc) is 2.68. The van der Waals surface area contributed by atoms with Crippen LogP contribution in [0, 0.1) is 23.7 Å². The molecule has 3 fully saturated rings. The highest BCUT2D eigenvalue weighted by Crippen LogP contribution is 2.59. The molecule has 4 heteroatoms. The molecule has 1 aliphatic heterocycles. The van der Waals surface area contributed by atoms with Crippen molar-refractivity contribution in [3.63, 3.8) is 0 Å². The molecule has 2 bridgehead atoms. The smallest absolute Gasteiger partial charge is 0.310 e. The van der Waals surface area contributed by atoms with Crippen molar-refractivity contribution in [2.75, 3.05) is 6.61 Å². The van der Waals surface area contributed by atoms with E-state index in [4.69, 9.17) is 4.74 Å². The van der Waals surface area contributed by atoms with Gasteiger partial charge in [-0.15, -0.1) is 0 Å². The molecule has 3 rings (SSSR count). The molecule has 0 aromatic carbocycles. The fourth-order valence-electron chi connectivity index (χ4n) is 3.37. The summed E-state index contributed by atoms with van der Waals surface area (Å²) in [6.07, 6.45) is 1.13. The van der Waals surface area contributed by atoms with Gasteiger partial charge in [0.1, 0.15) is 6.10 Å². The first-order valence-corrected chi connectivity index (χ1v) is 5.61. The Morgan fingerprint density at radius 2 is 2.31 bits per heavy atom. The number of fused-ring (bicyclic) bond motifs is 1. The molecule has 3 nitrogen and oxygen atoms in total. The Bertz CT molecular complexity index is 268. The van der Waals surface area contributed by atoms with Crippen LogP contribution in [0.2, 0.25) is 0 Å². The second-order valence-electron chi connectivity index (χ2n) is 4.28. The number of ether oxygens (including phenoxy) is 1. The molecule has 0 aromatic rings. The number of alkyl halides is 1. The lowest BCUT2D eigenvalue weighted by Crippen LogP contribution is -2.35. The van der Waals surface area contributed by atoms with Crippen molar-refractivity contribution < 1.29 is 14.6 Å². The number of aliphatic hydroxyl groups is 1. The van der Waals surface area contributed by atoms with Gasteiger partial charge in [-0.2, -0.15) is 0 Å². The zero-order valence-corrected chi connectivity index (χ0v) is 8.61. The highest BCUT2D eigenvalue weighted by atomic mass is 79.9. The van der Waals surface area contributed by atoms with Crippen molar-refractivity contribution in [3.05, 3.63) is 0 Å². The Morgan fingerprint density at radius 3 is 3.00 bits per heavy atom. The number of hydrogen-bond acceptors (Lipinski definition) is 3. The summed E-state index contributed by atoms with van der Waals surface area (Å²) in [4.78, 5) is 11.7. The normalized spacial score (nSPS) is 57.2. The van der Waals surface area contributed by atoms with Crippen LogP contribution >= 0.6 is 15.9 Å². The molecule has 0 spiro atoms. The van der Waals surface area contributed by atoms with Gasteiger partial charge in [0.25, 0.3) is 0 Å². The average molecular weight is 247 g/mol. The lowest BCUT2D eigenvalue weighted by molar-refractivity contribution is -0.144. The summed E-state index contributed by atoms with van der Waals surface area (Å²) in [5.74, 6) is 0.864. The number of esters is 1. The van der Waals surface area contributed by atoms with E-state index in [9.17, 15) is 9.90 Å². The summed E-state index contributed by atoms with van der Waals surface area (Å²) in [5, 5.41) is 9.22.